The van der Waals surface area contributed by atoms with Gasteiger partial charge in [-0.15, -0.1) is 11.3 Å². The van der Waals surface area contributed by atoms with Crippen LogP contribution in [0.2, 0.25) is 0 Å². The van der Waals surface area contributed by atoms with E-state index in [0.717, 1.165) is 45.2 Å². The van der Waals surface area contributed by atoms with E-state index in [-0.39, 0.29) is 5.91 Å². The molecule has 3 N–H and O–H groups in total. The van der Waals surface area contributed by atoms with Crippen molar-refractivity contribution in [1.82, 2.24) is 5.32 Å². The minimum Gasteiger partial charge on any atom is -0.356 e. The zero-order valence-electron chi connectivity index (χ0n) is 12.4. The molecule has 21 heavy (non-hydrogen) atoms. The summed E-state index contributed by atoms with van der Waals surface area (Å²) in [7, 11) is 0. The zero-order chi connectivity index (χ0) is 14.9. The van der Waals surface area contributed by atoms with Gasteiger partial charge in [0.1, 0.15) is 0 Å². The van der Waals surface area contributed by atoms with Gasteiger partial charge < -0.3 is 11.1 Å². The fourth-order valence-electron chi connectivity index (χ4n) is 2.43. The number of amides is 1. The number of hydrogen-bond acceptors (Lipinski definition) is 3. The van der Waals surface area contributed by atoms with E-state index >= 15 is 0 Å². The first-order valence-electron chi connectivity index (χ1n) is 7.73. The number of nitrogens with two attached hydrogens (primary N) is 1. The Balaban J connectivity index is 1.66. The van der Waals surface area contributed by atoms with E-state index in [4.69, 9.17) is 5.73 Å². The Hall–Kier alpha value is -1.39. The fraction of sp³-hybridized carbons (Fsp3) is 0.471. The number of hydrogen-bond donors (Lipinski definition) is 2. The SMILES string of the molecule is NCCCCCCC(=O)NCCc1csc2ccccc12. The normalized spacial score (nSPS) is 10.9. The van der Waals surface area contributed by atoms with Crippen molar-refractivity contribution in [1.29, 1.82) is 0 Å². The predicted molar refractivity (Wildman–Crippen MR) is 90.7 cm³/mol. The second kappa shape index (κ2) is 8.80. The van der Waals surface area contributed by atoms with E-state index in [2.05, 4.69) is 35.0 Å². The molecule has 0 unspecified atom stereocenters. The minimum atomic E-state index is 0.169. The van der Waals surface area contributed by atoms with Crippen LogP contribution in [0, 0.1) is 0 Å². The number of thiophene rings is 1. The van der Waals surface area contributed by atoms with Crippen LogP contribution in [0.4, 0.5) is 0 Å². The maximum atomic E-state index is 11.7. The lowest BCUT2D eigenvalue weighted by Gasteiger charge is -2.05. The molecule has 2 rings (SSSR count). The second-order valence-corrected chi connectivity index (χ2v) is 6.22. The maximum absolute atomic E-state index is 11.7. The first kappa shape index (κ1) is 16.0. The maximum Gasteiger partial charge on any atom is 0.220 e. The van der Waals surface area contributed by atoms with E-state index in [1.165, 1.54) is 15.6 Å². The standard InChI is InChI=1S/C17H24N2OS/c18-11-6-2-1-3-9-17(20)19-12-10-14-13-21-16-8-5-4-7-15(14)16/h4-5,7-8,13H,1-3,6,9-12,18H2,(H,19,20). The van der Waals surface area contributed by atoms with Crippen LogP contribution in [-0.4, -0.2) is 19.0 Å². The predicted octanol–water partition coefficient (Wildman–Crippen LogP) is 3.47. The van der Waals surface area contributed by atoms with Gasteiger partial charge in [0.15, 0.2) is 0 Å². The third-order valence-electron chi connectivity index (χ3n) is 3.64. The molecule has 0 bridgehead atoms. The Labute approximate surface area is 130 Å². The number of carbonyl (C=O) groups excluding carboxylic acids is 1. The lowest BCUT2D eigenvalue weighted by molar-refractivity contribution is -0.121. The molecule has 114 valence electrons. The Kier molecular flexibility index (Phi) is 6.70. The van der Waals surface area contributed by atoms with Gasteiger partial charge in [-0.05, 0) is 48.2 Å². The highest BCUT2D eigenvalue weighted by molar-refractivity contribution is 7.17. The van der Waals surface area contributed by atoms with Crippen LogP contribution in [-0.2, 0) is 11.2 Å². The molecule has 1 heterocycles. The van der Waals surface area contributed by atoms with Crippen LogP contribution in [0.3, 0.4) is 0 Å². The molecule has 3 nitrogen and oxygen atoms in total. The van der Waals surface area contributed by atoms with Crippen molar-refractivity contribution in [2.45, 2.75) is 38.5 Å². The average Bonchev–Trinajstić information content (AvgIpc) is 2.91. The summed E-state index contributed by atoms with van der Waals surface area (Å²) in [5, 5.41) is 6.53. The van der Waals surface area contributed by atoms with Gasteiger partial charge in [0.25, 0.3) is 0 Å². The number of benzene rings is 1. The van der Waals surface area contributed by atoms with Gasteiger partial charge in [-0.1, -0.05) is 31.0 Å². The quantitative estimate of drug-likeness (QED) is 0.697. The average molecular weight is 304 g/mol. The Morgan fingerprint density at radius 2 is 1.95 bits per heavy atom. The van der Waals surface area contributed by atoms with Crippen LogP contribution >= 0.6 is 11.3 Å². The van der Waals surface area contributed by atoms with Crippen LogP contribution in [0.25, 0.3) is 10.1 Å². The molecule has 2 aromatic rings. The van der Waals surface area contributed by atoms with E-state index < -0.39 is 0 Å². The van der Waals surface area contributed by atoms with Gasteiger partial charge in [-0.25, -0.2) is 0 Å². The molecule has 1 aromatic carbocycles. The van der Waals surface area contributed by atoms with Crippen molar-refractivity contribution in [2.75, 3.05) is 13.1 Å². The topological polar surface area (TPSA) is 55.1 Å². The fourth-order valence-corrected chi connectivity index (χ4v) is 3.43. The first-order valence-corrected chi connectivity index (χ1v) is 8.61. The van der Waals surface area contributed by atoms with Crippen molar-refractivity contribution >= 4 is 27.3 Å². The van der Waals surface area contributed by atoms with Crippen LogP contribution in [0.15, 0.2) is 29.6 Å². The number of nitrogens with one attached hydrogen (secondary N) is 1. The van der Waals surface area contributed by atoms with E-state index in [1.807, 2.05) is 0 Å². The molecular weight excluding hydrogens is 280 g/mol. The third-order valence-corrected chi connectivity index (χ3v) is 4.65. The summed E-state index contributed by atoms with van der Waals surface area (Å²) in [5.74, 6) is 0.169. The van der Waals surface area contributed by atoms with Gasteiger partial charge in [0, 0.05) is 17.7 Å². The Morgan fingerprint density at radius 3 is 2.81 bits per heavy atom. The van der Waals surface area contributed by atoms with Crippen LogP contribution in [0.1, 0.15) is 37.7 Å². The molecule has 1 amide bonds. The molecule has 0 saturated carbocycles. The summed E-state index contributed by atoms with van der Waals surface area (Å²) in [5.41, 5.74) is 6.78. The van der Waals surface area contributed by atoms with Crippen LogP contribution < -0.4 is 11.1 Å². The number of carbonyl (C=O) groups is 1. The largest absolute Gasteiger partial charge is 0.356 e. The molecule has 0 aliphatic heterocycles. The van der Waals surface area contributed by atoms with Gasteiger partial charge >= 0.3 is 0 Å². The van der Waals surface area contributed by atoms with Gasteiger partial charge in [0.2, 0.25) is 5.91 Å². The molecule has 4 heteroatoms. The highest BCUT2D eigenvalue weighted by Gasteiger charge is 2.04. The molecule has 0 saturated heterocycles. The lowest BCUT2D eigenvalue weighted by atomic mass is 10.1. The molecule has 0 aliphatic rings. The van der Waals surface area contributed by atoms with Crippen molar-refractivity contribution in [3.63, 3.8) is 0 Å². The van der Waals surface area contributed by atoms with Gasteiger partial charge in [-0.2, -0.15) is 0 Å². The molecule has 0 aliphatic carbocycles. The summed E-state index contributed by atoms with van der Waals surface area (Å²) in [4.78, 5) is 11.7. The number of fused-ring (bicyclic) bond motifs is 1. The Bertz CT molecular complexity index is 565. The summed E-state index contributed by atoms with van der Waals surface area (Å²) in [6.07, 6.45) is 5.79. The highest BCUT2D eigenvalue weighted by Crippen LogP contribution is 2.25. The summed E-state index contributed by atoms with van der Waals surface area (Å²) >= 11 is 1.77. The highest BCUT2D eigenvalue weighted by atomic mass is 32.1. The van der Waals surface area contributed by atoms with Crippen molar-refractivity contribution in [2.24, 2.45) is 5.73 Å². The van der Waals surface area contributed by atoms with E-state index in [1.54, 1.807) is 11.3 Å². The number of unbranched alkanes of at least 4 members (excludes halogenated alkanes) is 3. The van der Waals surface area contributed by atoms with Crippen LogP contribution in [0.5, 0.6) is 0 Å². The van der Waals surface area contributed by atoms with Crippen molar-refractivity contribution in [3.8, 4) is 0 Å². The molecule has 0 radical (unpaired) electrons. The lowest BCUT2D eigenvalue weighted by Crippen LogP contribution is -2.25. The molecule has 0 fully saturated rings. The molecule has 1 aromatic heterocycles. The molecule has 0 atom stereocenters. The minimum absolute atomic E-state index is 0.169. The molecular formula is C17H24N2OS. The zero-order valence-corrected chi connectivity index (χ0v) is 13.3. The summed E-state index contributed by atoms with van der Waals surface area (Å²) < 4.78 is 1.32. The molecule has 0 spiro atoms. The monoisotopic (exact) mass is 304 g/mol. The van der Waals surface area contributed by atoms with Crippen molar-refractivity contribution in [3.05, 3.63) is 35.2 Å². The second-order valence-electron chi connectivity index (χ2n) is 5.31. The Morgan fingerprint density at radius 1 is 1.14 bits per heavy atom. The third kappa shape index (κ3) is 5.14. The number of rotatable bonds is 9. The van der Waals surface area contributed by atoms with E-state index in [9.17, 15) is 4.79 Å². The summed E-state index contributed by atoms with van der Waals surface area (Å²) in [6, 6.07) is 8.43. The smallest absolute Gasteiger partial charge is 0.220 e. The van der Waals surface area contributed by atoms with Gasteiger partial charge in [0.05, 0.1) is 0 Å². The first-order chi connectivity index (χ1) is 10.3. The van der Waals surface area contributed by atoms with E-state index in [0.29, 0.717) is 6.42 Å². The summed E-state index contributed by atoms with van der Waals surface area (Å²) in [6.45, 7) is 1.48. The van der Waals surface area contributed by atoms with Crippen molar-refractivity contribution < 1.29 is 4.79 Å². The van der Waals surface area contributed by atoms with Gasteiger partial charge in [-0.3, -0.25) is 4.79 Å².